The van der Waals surface area contributed by atoms with E-state index >= 15 is 0 Å². The van der Waals surface area contributed by atoms with E-state index in [1.165, 1.54) is 0 Å². The van der Waals surface area contributed by atoms with Gasteiger partial charge in [-0.25, -0.2) is 0 Å². The van der Waals surface area contributed by atoms with Crippen LogP contribution in [0.25, 0.3) is 0 Å². The third-order valence-corrected chi connectivity index (χ3v) is 1.91. The summed E-state index contributed by atoms with van der Waals surface area (Å²) in [6, 6.07) is 0. The molecule has 0 aliphatic heterocycles. The summed E-state index contributed by atoms with van der Waals surface area (Å²) in [7, 11) is 0. The minimum atomic E-state index is 0.226. The van der Waals surface area contributed by atoms with Gasteiger partial charge in [0.05, 0.1) is 0 Å². The van der Waals surface area contributed by atoms with E-state index in [4.69, 9.17) is 5.11 Å². The molecule has 1 unspecified atom stereocenters. The Morgan fingerprint density at radius 1 is 1.67 bits per heavy atom. The SMILES string of the molecule is O=C1CCC1CCCO. The quantitative estimate of drug-likeness (QED) is 0.608. The summed E-state index contributed by atoms with van der Waals surface area (Å²) in [5.41, 5.74) is 0. The van der Waals surface area contributed by atoms with Gasteiger partial charge in [-0.15, -0.1) is 0 Å². The van der Waals surface area contributed by atoms with Gasteiger partial charge in [0.25, 0.3) is 0 Å². The molecule has 1 fully saturated rings. The molecule has 0 aromatic rings. The molecule has 1 aliphatic rings. The predicted octanol–water partition coefficient (Wildman–Crippen LogP) is 0.738. The molecule has 0 bridgehead atoms. The van der Waals surface area contributed by atoms with Crippen molar-refractivity contribution in [1.82, 2.24) is 0 Å². The second-order valence-corrected chi connectivity index (χ2v) is 2.57. The molecule has 2 heteroatoms. The third-order valence-electron chi connectivity index (χ3n) is 1.91. The molecular weight excluding hydrogens is 116 g/mol. The first-order valence-electron chi connectivity index (χ1n) is 3.48. The monoisotopic (exact) mass is 128 g/mol. The van der Waals surface area contributed by atoms with Crippen LogP contribution in [0.2, 0.25) is 0 Å². The van der Waals surface area contributed by atoms with Crippen LogP contribution in [0.15, 0.2) is 0 Å². The topological polar surface area (TPSA) is 37.3 Å². The van der Waals surface area contributed by atoms with E-state index in [9.17, 15) is 4.79 Å². The van der Waals surface area contributed by atoms with Crippen molar-refractivity contribution in [2.45, 2.75) is 25.7 Å². The van der Waals surface area contributed by atoms with Gasteiger partial charge >= 0.3 is 0 Å². The fraction of sp³-hybridized carbons (Fsp3) is 0.857. The van der Waals surface area contributed by atoms with Crippen LogP contribution < -0.4 is 0 Å². The Labute approximate surface area is 54.9 Å². The lowest BCUT2D eigenvalue weighted by Crippen LogP contribution is -2.25. The summed E-state index contributed by atoms with van der Waals surface area (Å²) in [5.74, 6) is 0.695. The molecular formula is C7H12O2. The van der Waals surface area contributed by atoms with Crippen molar-refractivity contribution in [3.8, 4) is 0 Å². The van der Waals surface area contributed by atoms with Crippen LogP contribution in [0.4, 0.5) is 0 Å². The van der Waals surface area contributed by atoms with Gasteiger partial charge in [-0.1, -0.05) is 0 Å². The van der Waals surface area contributed by atoms with Crippen molar-refractivity contribution in [2.24, 2.45) is 5.92 Å². The van der Waals surface area contributed by atoms with Crippen molar-refractivity contribution in [3.63, 3.8) is 0 Å². The van der Waals surface area contributed by atoms with E-state index < -0.39 is 0 Å². The molecule has 0 saturated heterocycles. The lowest BCUT2D eigenvalue weighted by molar-refractivity contribution is -0.129. The normalized spacial score (nSPS) is 25.9. The lowest BCUT2D eigenvalue weighted by Gasteiger charge is -2.22. The molecule has 52 valence electrons. The number of carbonyl (C=O) groups is 1. The highest BCUT2D eigenvalue weighted by Crippen LogP contribution is 2.26. The van der Waals surface area contributed by atoms with E-state index in [1.807, 2.05) is 0 Å². The maximum Gasteiger partial charge on any atom is 0.136 e. The summed E-state index contributed by atoms with van der Waals surface area (Å²) in [6.07, 6.45) is 3.51. The highest BCUT2D eigenvalue weighted by atomic mass is 16.2. The standard InChI is InChI=1S/C7H12O2/c8-5-1-2-6-3-4-7(6)9/h6,8H,1-5H2. The van der Waals surface area contributed by atoms with E-state index in [-0.39, 0.29) is 6.61 Å². The van der Waals surface area contributed by atoms with Gasteiger partial charge in [-0.3, -0.25) is 4.79 Å². The van der Waals surface area contributed by atoms with E-state index in [2.05, 4.69) is 0 Å². The number of carbonyl (C=O) groups excluding carboxylic acids is 1. The van der Waals surface area contributed by atoms with Gasteiger partial charge in [0.15, 0.2) is 0 Å². The minimum absolute atomic E-state index is 0.226. The van der Waals surface area contributed by atoms with Crippen LogP contribution in [0.3, 0.4) is 0 Å². The number of aliphatic hydroxyl groups is 1. The minimum Gasteiger partial charge on any atom is -0.396 e. The van der Waals surface area contributed by atoms with Gasteiger partial charge in [0.1, 0.15) is 5.78 Å². The Bertz CT molecular complexity index is 109. The van der Waals surface area contributed by atoms with Crippen molar-refractivity contribution in [1.29, 1.82) is 0 Å². The van der Waals surface area contributed by atoms with Gasteiger partial charge in [-0.2, -0.15) is 0 Å². The number of rotatable bonds is 3. The zero-order valence-electron chi connectivity index (χ0n) is 5.47. The van der Waals surface area contributed by atoms with E-state index in [0.29, 0.717) is 11.7 Å². The number of aliphatic hydroxyl groups excluding tert-OH is 1. The summed E-state index contributed by atoms with van der Waals surface area (Å²) in [6.45, 7) is 0.226. The van der Waals surface area contributed by atoms with Crippen molar-refractivity contribution < 1.29 is 9.90 Å². The van der Waals surface area contributed by atoms with Crippen molar-refractivity contribution in [3.05, 3.63) is 0 Å². The zero-order valence-corrected chi connectivity index (χ0v) is 5.47. The Morgan fingerprint density at radius 3 is 2.78 bits per heavy atom. The maximum atomic E-state index is 10.7. The fourth-order valence-electron chi connectivity index (χ4n) is 1.11. The van der Waals surface area contributed by atoms with Crippen LogP contribution in [-0.2, 0) is 4.79 Å². The summed E-state index contributed by atoms with van der Waals surface area (Å²) in [4.78, 5) is 10.7. The molecule has 1 atom stereocenters. The molecule has 9 heavy (non-hydrogen) atoms. The first-order valence-corrected chi connectivity index (χ1v) is 3.48. The van der Waals surface area contributed by atoms with Gasteiger partial charge < -0.3 is 5.11 Å². The average Bonchev–Trinajstić information content (AvgIpc) is 1.86. The van der Waals surface area contributed by atoms with Gasteiger partial charge in [0, 0.05) is 18.9 Å². The maximum absolute atomic E-state index is 10.7. The fourth-order valence-corrected chi connectivity index (χ4v) is 1.11. The van der Waals surface area contributed by atoms with E-state index in [0.717, 1.165) is 25.7 Å². The Morgan fingerprint density at radius 2 is 2.44 bits per heavy atom. The molecule has 1 rings (SSSR count). The summed E-state index contributed by atoms with van der Waals surface area (Å²) in [5, 5.41) is 8.41. The Kier molecular flexibility index (Phi) is 2.22. The molecule has 1 aliphatic carbocycles. The largest absolute Gasteiger partial charge is 0.396 e. The molecule has 1 N–H and O–H groups in total. The number of ketones is 1. The average molecular weight is 128 g/mol. The Hall–Kier alpha value is -0.370. The number of hydrogen-bond acceptors (Lipinski definition) is 2. The highest BCUT2D eigenvalue weighted by molar-refractivity contribution is 5.86. The molecule has 2 nitrogen and oxygen atoms in total. The van der Waals surface area contributed by atoms with Crippen molar-refractivity contribution in [2.75, 3.05) is 6.61 Å². The van der Waals surface area contributed by atoms with Crippen LogP contribution in [-0.4, -0.2) is 17.5 Å². The van der Waals surface area contributed by atoms with Crippen molar-refractivity contribution >= 4 is 5.78 Å². The third kappa shape index (κ3) is 1.52. The molecule has 0 heterocycles. The van der Waals surface area contributed by atoms with Crippen LogP contribution >= 0.6 is 0 Å². The summed E-state index contributed by atoms with van der Waals surface area (Å²) >= 11 is 0. The molecule has 0 spiro atoms. The predicted molar refractivity (Wildman–Crippen MR) is 34.1 cm³/mol. The highest BCUT2D eigenvalue weighted by Gasteiger charge is 2.26. The van der Waals surface area contributed by atoms with Gasteiger partial charge in [-0.05, 0) is 19.3 Å². The first-order chi connectivity index (χ1) is 4.34. The smallest absolute Gasteiger partial charge is 0.136 e. The number of hydrogen-bond donors (Lipinski definition) is 1. The Balaban J connectivity index is 2.06. The van der Waals surface area contributed by atoms with E-state index in [1.54, 1.807) is 0 Å². The van der Waals surface area contributed by atoms with Crippen LogP contribution in [0, 0.1) is 5.92 Å². The second kappa shape index (κ2) is 2.97. The van der Waals surface area contributed by atoms with Crippen LogP contribution in [0.5, 0.6) is 0 Å². The molecule has 0 amide bonds. The summed E-state index contributed by atoms with van der Waals surface area (Å²) < 4.78 is 0. The van der Waals surface area contributed by atoms with Crippen LogP contribution in [0.1, 0.15) is 25.7 Å². The molecule has 0 aromatic carbocycles. The molecule has 0 radical (unpaired) electrons. The number of Topliss-reactive ketones (excluding diaryl/α,β-unsaturated/α-hetero) is 1. The lowest BCUT2D eigenvalue weighted by atomic mass is 9.81. The molecule has 1 saturated carbocycles. The van der Waals surface area contributed by atoms with Gasteiger partial charge in [0.2, 0.25) is 0 Å². The first kappa shape index (κ1) is 6.75. The zero-order chi connectivity index (χ0) is 6.69. The second-order valence-electron chi connectivity index (χ2n) is 2.57. The molecule has 0 aromatic heterocycles.